The number of hydrogen-bond donors (Lipinski definition) is 0. The summed E-state index contributed by atoms with van der Waals surface area (Å²) in [5.74, 6) is 1.60. The number of carbonyl (C=O) groups is 2. The van der Waals surface area contributed by atoms with Crippen molar-refractivity contribution in [1.29, 1.82) is 0 Å². The van der Waals surface area contributed by atoms with Crippen molar-refractivity contribution in [2.24, 2.45) is 5.92 Å². The number of rotatable bonds is 5. The van der Waals surface area contributed by atoms with E-state index in [2.05, 4.69) is 30.9 Å². The molecule has 0 N–H and O–H groups in total. The van der Waals surface area contributed by atoms with Crippen LogP contribution < -0.4 is 4.74 Å². The van der Waals surface area contributed by atoms with Gasteiger partial charge >= 0.3 is 0 Å². The second-order valence-corrected chi connectivity index (χ2v) is 8.86. The maximum atomic E-state index is 12.8. The highest BCUT2D eigenvalue weighted by atomic mass is 16.5. The molecule has 160 valence electrons. The van der Waals surface area contributed by atoms with Crippen LogP contribution in [0.4, 0.5) is 0 Å². The molecule has 0 aromatic heterocycles. The van der Waals surface area contributed by atoms with Crippen molar-refractivity contribution in [3.05, 3.63) is 29.3 Å². The van der Waals surface area contributed by atoms with Gasteiger partial charge in [-0.05, 0) is 55.7 Å². The van der Waals surface area contributed by atoms with E-state index in [9.17, 15) is 9.59 Å². The van der Waals surface area contributed by atoms with E-state index in [-0.39, 0.29) is 18.4 Å². The first-order valence-corrected chi connectivity index (χ1v) is 11.3. The number of likely N-dealkylation sites (tertiary alicyclic amines) is 2. The van der Waals surface area contributed by atoms with Crippen molar-refractivity contribution in [3.8, 4) is 5.75 Å². The molecule has 0 unspecified atom stereocenters. The van der Waals surface area contributed by atoms with Gasteiger partial charge in [-0.2, -0.15) is 0 Å². The lowest BCUT2D eigenvalue weighted by Gasteiger charge is -2.34. The third-order valence-corrected chi connectivity index (χ3v) is 6.34. The average Bonchev–Trinajstić information content (AvgIpc) is 3.02. The van der Waals surface area contributed by atoms with Gasteiger partial charge in [-0.3, -0.25) is 9.59 Å². The Bertz CT molecular complexity index is 700. The van der Waals surface area contributed by atoms with Gasteiger partial charge in [0.05, 0.1) is 0 Å². The third kappa shape index (κ3) is 5.74. The van der Waals surface area contributed by atoms with E-state index in [1.54, 1.807) is 0 Å². The first-order chi connectivity index (χ1) is 14.0. The van der Waals surface area contributed by atoms with Gasteiger partial charge in [0.25, 0.3) is 5.91 Å². The number of benzene rings is 1. The minimum Gasteiger partial charge on any atom is -0.483 e. The molecule has 2 aliphatic rings. The molecular weight excluding hydrogens is 364 g/mol. The van der Waals surface area contributed by atoms with Gasteiger partial charge in [0.1, 0.15) is 5.75 Å². The Hall–Kier alpha value is -2.04. The quantitative estimate of drug-likeness (QED) is 0.746. The zero-order valence-corrected chi connectivity index (χ0v) is 18.3. The highest BCUT2D eigenvalue weighted by molar-refractivity contribution is 5.80. The molecule has 2 amide bonds. The second-order valence-electron chi connectivity index (χ2n) is 8.86. The topological polar surface area (TPSA) is 49.9 Å². The van der Waals surface area contributed by atoms with Crippen LogP contribution in [0, 0.1) is 12.8 Å². The molecule has 0 saturated carbocycles. The highest BCUT2D eigenvalue weighted by Crippen LogP contribution is 2.25. The van der Waals surface area contributed by atoms with E-state index < -0.39 is 0 Å². The molecule has 0 spiro atoms. The number of aryl methyl sites for hydroxylation is 1. The predicted octanol–water partition coefficient (Wildman–Crippen LogP) is 4.14. The lowest BCUT2D eigenvalue weighted by Crippen LogP contribution is -2.45. The molecule has 2 heterocycles. The van der Waals surface area contributed by atoms with Crippen LogP contribution in [0.15, 0.2) is 18.2 Å². The summed E-state index contributed by atoms with van der Waals surface area (Å²) < 4.78 is 5.86. The van der Waals surface area contributed by atoms with Gasteiger partial charge < -0.3 is 14.5 Å². The van der Waals surface area contributed by atoms with Crippen molar-refractivity contribution in [2.45, 2.75) is 65.2 Å². The molecule has 29 heavy (non-hydrogen) atoms. The van der Waals surface area contributed by atoms with Gasteiger partial charge in [-0.1, -0.05) is 38.8 Å². The SMILES string of the molecule is Cc1ccc(C(C)C)cc1OCC(=O)N1CCC(C(=O)N2CCCCCC2)CC1. The number of piperidine rings is 1. The molecule has 3 rings (SSSR count). The van der Waals surface area contributed by atoms with Crippen LogP contribution in [0.1, 0.15) is 69.4 Å². The van der Waals surface area contributed by atoms with Crippen LogP contribution in [0.25, 0.3) is 0 Å². The van der Waals surface area contributed by atoms with E-state index in [0.717, 1.165) is 50.1 Å². The Labute approximate surface area is 175 Å². The lowest BCUT2D eigenvalue weighted by atomic mass is 9.95. The Morgan fingerprint density at radius 3 is 2.28 bits per heavy atom. The summed E-state index contributed by atoms with van der Waals surface area (Å²) in [6.45, 7) is 9.47. The third-order valence-electron chi connectivity index (χ3n) is 6.34. The second kappa shape index (κ2) is 10.1. The van der Waals surface area contributed by atoms with Gasteiger partial charge in [0, 0.05) is 32.1 Å². The maximum Gasteiger partial charge on any atom is 0.260 e. The average molecular weight is 401 g/mol. The zero-order valence-electron chi connectivity index (χ0n) is 18.3. The van der Waals surface area contributed by atoms with E-state index in [4.69, 9.17) is 4.74 Å². The number of hydrogen-bond acceptors (Lipinski definition) is 3. The molecule has 5 heteroatoms. The van der Waals surface area contributed by atoms with E-state index in [1.807, 2.05) is 17.9 Å². The van der Waals surface area contributed by atoms with Crippen molar-refractivity contribution < 1.29 is 14.3 Å². The van der Waals surface area contributed by atoms with Crippen molar-refractivity contribution in [1.82, 2.24) is 9.80 Å². The first kappa shape index (κ1) is 21.7. The van der Waals surface area contributed by atoms with E-state index in [0.29, 0.717) is 24.9 Å². The molecule has 5 nitrogen and oxygen atoms in total. The maximum absolute atomic E-state index is 12.8. The summed E-state index contributed by atoms with van der Waals surface area (Å²) in [6, 6.07) is 6.20. The molecule has 2 saturated heterocycles. The van der Waals surface area contributed by atoms with Crippen LogP contribution >= 0.6 is 0 Å². The Morgan fingerprint density at radius 1 is 1.00 bits per heavy atom. The van der Waals surface area contributed by atoms with Gasteiger partial charge in [0.15, 0.2) is 6.61 Å². The normalized spacial score (nSPS) is 18.6. The lowest BCUT2D eigenvalue weighted by molar-refractivity contribution is -0.141. The first-order valence-electron chi connectivity index (χ1n) is 11.3. The van der Waals surface area contributed by atoms with Crippen LogP contribution in [-0.2, 0) is 9.59 Å². The number of carbonyl (C=O) groups excluding carboxylic acids is 2. The van der Waals surface area contributed by atoms with E-state index in [1.165, 1.54) is 18.4 Å². The van der Waals surface area contributed by atoms with Crippen molar-refractivity contribution in [3.63, 3.8) is 0 Å². The number of ether oxygens (including phenoxy) is 1. The standard InChI is InChI=1S/C24H36N2O3/c1-18(2)21-9-8-19(3)22(16-21)29-17-23(27)25-14-10-20(11-15-25)24(28)26-12-6-4-5-7-13-26/h8-9,16,18,20H,4-7,10-15,17H2,1-3H3. The molecule has 0 bridgehead atoms. The van der Waals surface area contributed by atoms with E-state index >= 15 is 0 Å². The summed E-state index contributed by atoms with van der Waals surface area (Å²) in [5.41, 5.74) is 2.26. The fourth-order valence-electron chi connectivity index (χ4n) is 4.29. The fourth-order valence-corrected chi connectivity index (χ4v) is 4.29. The monoisotopic (exact) mass is 400 g/mol. The van der Waals surface area contributed by atoms with Crippen molar-refractivity contribution >= 4 is 11.8 Å². The molecule has 0 atom stereocenters. The molecule has 1 aromatic carbocycles. The van der Waals surface area contributed by atoms with Crippen LogP contribution in [0.3, 0.4) is 0 Å². The summed E-state index contributed by atoms with van der Waals surface area (Å²) in [4.78, 5) is 29.4. The summed E-state index contributed by atoms with van der Waals surface area (Å²) >= 11 is 0. The Balaban J connectivity index is 1.47. The molecule has 1 aromatic rings. The van der Waals surface area contributed by atoms with Crippen LogP contribution in [-0.4, -0.2) is 54.4 Å². The van der Waals surface area contributed by atoms with Gasteiger partial charge in [-0.15, -0.1) is 0 Å². The largest absolute Gasteiger partial charge is 0.483 e. The zero-order chi connectivity index (χ0) is 20.8. The Kier molecular flexibility index (Phi) is 7.57. The summed E-state index contributed by atoms with van der Waals surface area (Å²) in [5, 5.41) is 0. The summed E-state index contributed by atoms with van der Waals surface area (Å²) in [7, 11) is 0. The number of nitrogens with zero attached hydrogens (tertiary/aromatic N) is 2. The molecule has 2 aliphatic heterocycles. The highest BCUT2D eigenvalue weighted by Gasteiger charge is 2.30. The predicted molar refractivity (Wildman–Crippen MR) is 115 cm³/mol. The smallest absolute Gasteiger partial charge is 0.260 e. The van der Waals surface area contributed by atoms with Crippen molar-refractivity contribution in [2.75, 3.05) is 32.8 Å². The summed E-state index contributed by atoms with van der Waals surface area (Å²) in [6.07, 6.45) is 6.24. The molecule has 0 radical (unpaired) electrons. The molecule has 0 aliphatic carbocycles. The minimum absolute atomic E-state index is 0.0139. The van der Waals surface area contributed by atoms with Gasteiger partial charge in [0.2, 0.25) is 5.91 Å². The number of amides is 2. The van der Waals surface area contributed by atoms with Gasteiger partial charge in [-0.25, -0.2) is 0 Å². The van der Waals surface area contributed by atoms with Crippen LogP contribution in [0.5, 0.6) is 5.75 Å². The minimum atomic E-state index is 0.0139. The van der Waals surface area contributed by atoms with Crippen LogP contribution in [0.2, 0.25) is 0 Å². The molecule has 2 fully saturated rings. The Morgan fingerprint density at radius 2 is 1.66 bits per heavy atom. The fraction of sp³-hybridized carbons (Fsp3) is 0.667. The molecular formula is C24H36N2O3.